The van der Waals surface area contributed by atoms with Gasteiger partial charge in [0.15, 0.2) is 6.10 Å². The number of aliphatic hydroxyl groups is 2. The van der Waals surface area contributed by atoms with E-state index in [1.807, 2.05) is 0 Å². The summed E-state index contributed by atoms with van der Waals surface area (Å²) >= 11 is 0. The maximum absolute atomic E-state index is 10.6. The molecule has 0 amide bonds. The Kier molecular flexibility index (Phi) is 8.49. The first-order valence-corrected chi connectivity index (χ1v) is 3.32. The average Bonchev–Trinajstić information content (AvgIpc) is 2.11. The number of aliphatic carboxylic acids is 1. The molecule has 0 aromatic heterocycles. The summed E-state index contributed by atoms with van der Waals surface area (Å²) in [5.74, 6) is -4.65. The second-order valence-electron chi connectivity index (χ2n) is 2.19. The molecule has 2 atom stereocenters. The molecule has 0 spiro atoms. The van der Waals surface area contributed by atoms with Gasteiger partial charge in [-0.25, -0.2) is 19.4 Å². The van der Waals surface area contributed by atoms with E-state index in [1.165, 1.54) is 0 Å². The standard InChI is InChI=1S/C6H8O8.Na/c1-2(7)13-14-6(12)4(9)3(8)5(10)11;/h3-4,8-9H,1H3,(H,10,11);/q;+1/p-1. The maximum Gasteiger partial charge on any atom is 1.00 e. The Hall–Kier alpha value is -0.670. The van der Waals surface area contributed by atoms with Crippen LogP contribution in [0.15, 0.2) is 0 Å². The van der Waals surface area contributed by atoms with Crippen LogP contribution in [-0.2, 0) is 24.2 Å². The van der Waals surface area contributed by atoms with Crippen LogP contribution in [0.2, 0.25) is 0 Å². The van der Waals surface area contributed by atoms with Crippen molar-refractivity contribution in [1.82, 2.24) is 0 Å². The first-order valence-electron chi connectivity index (χ1n) is 3.32. The number of rotatable bonds is 3. The zero-order valence-corrected chi connectivity index (χ0v) is 10.00. The van der Waals surface area contributed by atoms with Gasteiger partial charge in [0.2, 0.25) is 0 Å². The molecule has 0 aromatic carbocycles. The molecule has 0 aromatic rings. The molecule has 0 radical (unpaired) electrons. The summed E-state index contributed by atoms with van der Waals surface area (Å²) in [6.07, 6.45) is -4.82. The molecular formula is C6H7NaO8. The fourth-order valence-electron chi connectivity index (χ4n) is 0.407. The Labute approximate surface area is 106 Å². The van der Waals surface area contributed by atoms with Crippen molar-refractivity contribution in [2.45, 2.75) is 19.1 Å². The van der Waals surface area contributed by atoms with E-state index in [4.69, 9.17) is 10.2 Å². The van der Waals surface area contributed by atoms with Crippen molar-refractivity contribution in [2.75, 3.05) is 0 Å². The monoisotopic (exact) mass is 230 g/mol. The SMILES string of the molecule is CC(=O)OOC(=O)C(O)C(O)C(=O)[O-].[Na+]. The molecular weight excluding hydrogens is 223 g/mol. The van der Waals surface area contributed by atoms with Gasteiger partial charge < -0.3 is 20.1 Å². The maximum atomic E-state index is 10.6. The van der Waals surface area contributed by atoms with Gasteiger partial charge >= 0.3 is 41.5 Å². The van der Waals surface area contributed by atoms with E-state index >= 15 is 0 Å². The number of aliphatic hydroxyl groups excluding tert-OH is 2. The van der Waals surface area contributed by atoms with Crippen molar-refractivity contribution in [3.63, 3.8) is 0 Å². The van der Waals surface area contributed by atoms with E-state index in [9.17, 15) is 19.5 Å². The fourth-order valence-corrected chi connectivity index (χ4v) is 0.407. The third-order valence-corrected chi connectivity index (χ3v) is 1.02. The Morgan fingerprint density at radius 2 is 1.60 bits per heavy atom. The number of hydrogen-bond acceptors (Lipinski definition) is 8. The largest absolute Gasteiger partial charge is 1.00 e. The minimum absolute atomic E-state index is 0. The van der Waals surface area contributed by atoms with Gasteiger partial charge in [0.05, 0.1) is 5.97 Å². The Morgan fingerprint density at radius 3 is 1.93 bits per heavy atom. The summed E-state index contributed by atoms with van der Waals surface area (Å²) in [5.41, 5.74) is 0. The molecule has 0 bridgehead atoms. The molecule has 0 fully saturated rings. The molecule has 0 rings (SSSR count). The van der Waals surface area contributed by atoms with Crippen LogP contribution in [0.5, 0.6) is 0 Å². The molecule has 0 saturated heterocycles. The zero-order chi connectivity index (χ0) is 11.3. The van der Waals surface area contributed by atoms with Crippen molar-refractivity contribution in [1.29, 1.82) is 0 Å². The molecule has 0 saturated carbocycles. The van der Waals surface area contributed by atoms with Crippen LogP contribution >= 0.6 is 0 Å². The second-order valence-corrected chi connectivity index (χ2v) is 2.19. The molecule has 0 aliphatic rings. The summed E-state index contributed by atoms with van der Waals surface area (Å²) in [7, 11) is 0. The van der Waals surface area contributed by atoms with Gasteiger partial charge in [0.1, 0.15) is 6.10 Å². The van der Waals surface area contributed by atoms with Gasteiger partial charge in [-0.05, 0) is 0 Å². The van der Waals surface area contributed by atoms with Crippen molar-refractivity contribution >= 4 is 17.9 Å². The summed E-state index contributed by atoms with van der Waals surface area (Å²) in [6.45, 7) is 0.912. The molecule has 2 N–H and O–H groups in total. The van der Waals surface area contributed by atoms with E-state index < -0.39 is 30.1 Å². The molecule has 0 aliphatic heterocycles. The molecule has 15 heavy (non-hydrogen) atoms. The fraction of sp³-hybridized carbons (Fsp3) is 0.500. The molecule has 0 aliphatic carbocycles. The third-order valence-electron chi connectivity index (χ3n) is 1.02. The van der Waals surface area contributed by atoms with Crippen molar-refractivity contribution in [3.05, 3.63) is 0 Å². The topological polar surface area (TPSA) is 133 Å². The molecule has 9 heteroatoms. The predicted molar refractivity (Wildman–Crippen MR) is 34.9 cm³/mol. The minimum atomic E-state index is -2.45. The van der Waals surface area contributed by atoms with Crippen LogP contribution in [0, 0.1) is 0 Å². The number of carboxylic acids is 1. The zero-order valence-electron chi connectivity index (χ0n) is 8.00. The van der Waals surface area contributed by atoms with Gasteiger partial charge in [-0.2, -0.15) is 0 Å². The van der Waals surface area contributed by atoms with E-state index in [0.29, 0.717) is 0 Å². The van der Waals surface area contributed by atoms with E-state index in [0.717, 1.165) is 6.92 Å². The van der Waals surface area contributed by atoms with Crippen LogP contribution in [0.25, 0.3) is 0 Å². The second kappa shape index (κ2) is 7.60. The van der Waals surface area contributed by atoms with Crippen LogP contribution in [0.3, 0.4) is 0 Å². The predicted octanol–water partition coefficient (Wildman–Crippen LogP) is -6.52. The number of carboxylic acid groups (broad SMARTS) is 1. The first kappa shape index (κ1) is 16.7. The summed E-state index contributed by atoms with van der Waals surface area (Å²) in [4.78, 5) is 38.0. The van der Waals surface area contributed by atoms with Gasteiger partial charge in [0.25, 0.3) is 0 Å². The van der Waals surface area contributed by atoms with Crippen LogP contribution in [-0.4, -0.2) is 40.3 Å². The van der Waals surface area contributed by atoms with Gasteiger partial charge in [-0.1, -0.05) is 0 Å². The third kappa shape index (κ3) is 6.42. The molecule has 2 unspecified atom stereocenters. The molecule has 80 valence electrons. The van der Waals surface area contributed by atoms with Gasteiger partial charge in [-0.15, -0.1) is 0 Å². The van der Waals surface area contributed by atoms with E-state index in [2.05, 4.69) is 9.78 Å². The van der Waals surface area contributed by atoms with E-state index in [-0.39, 0.29) is 29.6 Å². The smallest absolute Gasteiger partial charge is 0.547 e. The number of carbonyl (C=O) groups is 3. The van der Waals surface area contributed by atoms with Crippen LogP contribution in [0.1, 0.15) is 6.92 Å². The van der Waals surface area contributed by atoms with Crippen LogP contribution in [0.4, 0.5) is 0 Å². The van der Waals surface area contributed by atoms with Crippen molar-refractivity contribution < 1.29 is 69.0 Å². The molecule has 0 heterocycles. The average molecular weight is 230 g/mol. The Bertz CT molecular complexity index is 252. The van der Waals surface area contributed by atoms with Crippen LogP contribution < -0.4 is 34.7 Å². The minimum Gasteiger partial charge on any atom is -0.547 e. The quantitative estimate of drug-likeness (QED) is 0.277. The van der Waals surface area contributed by atoms with Crippen molar-refractivity contribution in [2.24, 2.45) is 0 Å². The molecule has 8 nitrogen and oxygen atoms in total. The Morgan fingerprint density at radius 1 is 1.13 bits per heavy atom. The summed E-state index contributed by atoms with van der Waals surface area (Å²) in [5, 5.41) is 27.3. The van der Waals surface area contributed by atoms with Gasteiger partial charge in [0, 0.05) is 6.92 Å². The number of hydrogen-bond donors (Lipinski definition) is 2. The number of carbonyl (C=O) groups excluding carboxylic acids is 3. The Balaban J connectivity index is 0. The van der Waals surface area contributed by atoms with Gasteiger partial charge in [-0.3, -0.25) is 0 Å². The van der Waals surface area contributed by atoms with Crippen molar-refractivity contribution in [3.8, 4) is 0 Å². The first-order chi connectivity index (χ1) is 6.36. The summed E-state index contributed by atoms with van der Waals surface area (Å²) in [6, 6.07) is 0. The normalized spacial score (nSPS) is 13.0. The van der Waals surface area contributed by atoms with E-state index in [1.54, 1.807) is 0 Å². The summed E-state index contributed by atoms with van der Waals surface area (Å²) < 4.78 is 0.